The normalized spacial score (nSPS) is 11.6. The Morgan fingerprint density at radius 1 is 1.38 bits per heavy atom. The van der Waals surface area contributed by atoms with Crippen molar-refractivity contribution >= 4 is 28.1 Å². The number of hydrogen-bond acceptors (Lipinski definition) is 6. The first-order valence-corrected chi connectivity index (χ1v) is 8.43. The van der Waals surface area contributed by atoms with E-state index in [2.05, 4.69) is 33.6 Å². The van der Waals surface area contributed by atoms with Gasteiger partial charge in [0.2, 0.25) is 0 Å². The second kappa shape index (κ2) is 5.61. The summed E-state index contributed by atoms with van der Waals surface area (Å²) in [5, 5.41) is 11.0. The summed E-state index contributed by atoms with van der Waals surface area (Å²) < 4.78 is 3.64. The quantitative estimate of drug-likeness (QED) is 0.691. The first-order chi connectivity index (χ1) is 10.1. The fourth-order valence-corrected chi connectivity index (χ4v) is 3.89. The molecule has 110 valence electrons. The molecule has 0 aliphatic rings. The highest BCUT2D eigenvalue weighted by molar-refractivity contribution is 7.98. The molecule has 0 unspecified atom stereocenters. The molecule has 0 amide bonds. The molecule has 0 aliphatic heterocycles. The predicted octanol–water partition coefficient (Wildman–Crippen LogP) is 2.53. The van der Waals surface area contributed by atoms with Crippen LogP contribution in [-0.4, -0.2) is 24.1 Å². The molecule has 0 spiro atoms. The van der Waals surface area contributed by atoms with Gasteiger partial charge in [0.1, 0.15) is 5.82 Å². The second-order valence-corrected chi connectivity index (χ2v) is 6.74. The van der Waals surface area contributed by atoms with E-state index in [0.717, 1.165) is 21.6 Å². The zero-order valence-corrected chi connectivity index (χ0v) is 13.6. The molecule has 0 saturated heterocycles. The molecule has 8 heteroatoms. The predicted molar refractivity (Wildman–Crippen MR) is 84.0 cm³/mol. The zero-order chi connectivity index (χ0) is 15.0. The van der Waals surface area contributed by atoms with E-state index in [1.54, 1.807) is 28.4 Å². The lowest BCUT2D eigenvalue weighted by Crippen LogP contribution is -2.12. The first kappa shape index (κ1) is 14.3. The Bertz CT molecular complexity index is 833. The summed E-state index contributed by atoms with van der Waals surface area (Å²) >= 11 is 3.01. The van der Waals surface area contributed by atoms with E-state index in [0.29, 0.717) is 11.8 Å². The van der Waals surface area contributed by atoms with Gasteiger partial charge in [-0.15, -0.1) is 21.5 Å². The molecule has 3 aromatic rings. The van der Waals surface area contributed by atoms with Gasteiger partial charge in [0.25, 0.3) is 5.56 Å². The van der Waals surface area contributed by atoms with Gasteiger partial charge in [-0.3, -0.25) is 9.20 Å². The van der Waals surface area contributed by atoms with Gasteiger partial charge in [0, 0.05) is 29.4 Å². The SMILES string of the molecule is Cc1nnc(SCc2cc(=O)n3ccsc3n2)n1C(C)C. The van der Waals surface area contributed by atoms with Gasteiger partial charge in [-0.1, -0.05) is 11.8 Å². The van der Waals surface area contributed by atoms with E-state index < -0.39 is 0 Å². The maximum atomic E-state index is 11.9. The first-order valence-electron chi connectivity index (χ1n) is 6.56. The summed E-state index contributed by atoms with van der Waals surface area (Å²) in [7, 11) is 0. The van der Waals surface area contributed by atoms with Crippen LogP contribution < -0.4 is 5.56 Å². The lowest BCUT2D eigenvalue weighted by molar-refractivity contribution is 0.536. The van der Waals surface area contributed by atoms with Crippen LogP contribution in [0.4, 0.5) is 0 Å². The third-order valence-electron chi connectivity index (χ3n) is 3.06. The van der Waals surface area contributed by atoms with Crippen LogP contribution in [-0.2, 0) is 5.75 Å². The van der Waals surface area contributed by atoms with Gasteiger partial charge in [-0.2, -0.15) is 0 Å². The highest BCUT2D eigenvalue weighted by Crippen LogP contribution is 2.24. The maximum Gasteiger partial charge on any atom is 0.258 e. The molecule has 6 nitrogen and oxygen atoms in total. The molecule has 0 N–H and O–H groups in total. The van der Waals surface area contributed by atoms with Crippen LogP contribution in [0, 0.1) is 6.92 Å². The van der Waals surface area contributed by atoms with E-state index in [9.17, 15) is 4.79 Å². The fraction of sp³-hybridized carbons (Fsp3) is 0.385. The highest BCUT2D eigenvalue weighted by Gasteiger charge is 2.13. The second-order valence-electron chi connectivity index (χ2n) is 4.92. The summed E-state index contributed by atoms with van der Waals surface area (Å²) in [5.74, 6) is 1.50. The topological polar surface area (TPSA) is 65.1 Å². The van der Waals surface area contributed by atoms with Gasteiger partial charge in [0.05, 0.1) is 5.69 Å². The summed E-state index contributed by atoms with van der Waals surface area (Å²) in [6.07, 6.45) is 1.74. The Morgan fingerprint density at radius 2 is 2.19 bits per heavy atom. The number of thioether (sulfide) groups is 1. The van der Waals surface area contributed by atoms with E-state index in [1.807, 2.05) is 12.3 Å². The van der Waals surface area contributed by atoms with Crippen molar-refractivity contribution in [3.8, 4) is 0 Å². The third kappa shape index (κ3) is 2.73. The van der Waals surface area contributed by atoms with E-state index >= 15 is 0 Å². The van der Waals surface area contributed by atoms with Crippen molar-refractivity contribution in [3.05, 3.63) is 39.5 Å². The van der Waals surface area contributed by atoms with Crippen LogP contribution >= 0.6 is 23.1 Å². The Kier molecular flexibility index (Phi) is 3.81. The van der Waals surface area contributed by atoms with Crippen molar-refractivity contribution in [1.29, 1.82) is 0 Å². The monoisotopic (exact) mass is 321 g/mol. The van der Waals surface area contributed by atoms with Crippen LogP contribution in [0.25, 0.3) is 4.96 Å². The molecular formula is C13H15N5OS2. The molecule has 0 atom stereocenters. The van der Waals surface area contributed by atoms with Gasteiger partial charge in [-0.25, -0.2) is 4.98 Å². The molecular weight excluding hydrogens is 306 g/mol. The van der Waals surface area contributed by atoms with Crippen LogP contribution in [0.5, 0.6) is 0 Å². The fourth-order valence-electron chi connectivity index (χ4n) is 2.14. The Balaban J connectivity index is 1.85. The number of aromatic nitrogens is 5. The smallest absolute Gasteiger partial charge is 0.258 e. The number of rotatable bonds is 4. The van der Waals surface area contributed by atoms with Gasteiger partial charge in [-0.05, 0) is 20.8 Å². The third-order valence-corrected chi connectivity index (χ3v) is 4.79. The van der Waals surface area contributed by atoms with Crippen molar-refractivity contribution < 1.29 is 0 Å². The Morgan fingerprint density at radius 3 is 2.95 bits per heavy atom. The van der Waals surface area contributed by atoms with E-state index in [1.165, 1.54) is 11.3 Å². The maximum absolute atomic E-state index is 11.9. The van der Waals surface area contributed by atoms with Crippen LogP contribution in [0.1, 0.15) is 31.4 Å². The van der Waals surface area contributed by atoms with Gasteiger partial charge >= 0.3 is 0 Å². The number of hydrogen-bond donors (Lipinski definition) is 0. The van der Waals surface area contributed by atoms with Gasteiger partial charge in [0.15, 0.2) is 10.1 Å². The summed E-state index contributed by atoms with van der Waals surface area (Å²) in [6.45, 7) is 6.14. The molecule has 0 bridgehead atoms. The summed E-state index contributed by atoms with van der Waals surface area (Å²) in [4.78, 5) is 17.2. The highest BCUT2D eigenvalue weighted by atomic mass is 32.2. The molecule has 3 rings (SSSR count). The Hall–Kier alpha value is -1.67. The van der Waals surface area contributed by atoms with Crippen LogP contribution in [0.2, 0.25) is 0 Å². The minimum atomic E-state index is -0.0432. The summed E-state index contributed by atoms with van der Waals surface area (Å²) in [6, 6.07) is 1.89. The van der Waals surface area contributed by atoms with Crippen molar-refractivity contribution in [1.82, 2.24) is 24.1 Å². The molecule has 0 aromatic carbocycles. The molecule has 0 aliphatic carbocycles. The molecule has 0 fully saturated rings. The average molecular weight is 321 g/mol. The van der Waals surface area contributed by atoms with E-state index in [4.69, 9.17) is 0 Å². The minimum Gasteiger partial charge on any atom is -0.304 e. The largest absolute Gasteiger partial charge is 0.304 e. The van der Waals surface area contributed by atoms with E-state index in [-0.39, 0.29) is 5.56 Å². The molecule has 0 radical (unpaired) electrons. The number of aryl methyl sites for hydroxylation is 1. The standard InChI is InChI=1S/C13H15N5OS2/c1-8(2)18-9(3)15-16-13(18)21-7-10-6-11(19)17-4-5-20-12(17)14-10/h4-6,8H,7H2,1-3H3. The molecule has 3 aromatic heterocycles. The minimum absolute atomic E-state index is 0.0432. The number of thiazole rings is 1. The van der Waals surface area contributed by atoms with Crippen molar-refractivity contribution in [2.24, 2.45) is 0 Å². The summed E-state index contributed by atoms with van der Waals surface area (Å²) in [5.41, 5.74) is 0.724. The lowest BCUT2D eigenvalue weighted by Gasteiger charge is -2.11. The number of nitrogens with zero attached hydrogens (tertiary/aromatic N) is 5. The van der Waals surface area contributed by atoms with Crippen LogP contribution in [0.3, 0.4) is 0 Å². The average Bonchev–Trinajstić information content (AvgIpc) is 3.02. The molecule has 0 saturated carbocycles. The van der Waals surface area contributed by atoms with Gasteiger partial charge < -0.3 is 4.57 Å². The number of fused-ring (bicyclic) bond motifs is 1. The van der Waals surface area contributed by atoms with Crippen molar-refractivity contribution in [2.45, 2.75) is 37.7 Å². The molecule has 21 heavy (non-hydrogen) atoms. The zero-order valence-electron chi connectivity index (χ0n) is 12.0. The Labute approximate surface area is 129 Å². The van der Waals surface area contributed by atoms with Crippen molar-refractivity contribution in [3.63, 3.8) is 0 Å². The van der Waals surface area contributed by atoms with Crippen molar-refractivity contribution in [2.75, 3.05) is 0 Å². The van der Waals surface area contributed by atoms with Crippen LogP contribution in [0.15, 0.2) is 27.6 Å². The lowest BCUT2D eigenvalue weighted by atomic mass is 10.4. The molecule has 3 heterocycles.